The van der Waals surface area contributed by atoms with Crippen molar-refractivity contribution in [3.8, 4) is 0 Å². The van der Waals surface area contributed by atoms with Gasteiger partial charge in [0.15, 0.2) is 0 Å². The van der Waals surface area contributed by atoms with Gasteiger partial charge in [0, 0.05) is 55.6 Å². The van der Waals surface area contributed by atoms with Crippen molar-refractivity contribution in [3.05, 3.63) is 42.6 Å². The second-order valence-corrected chi connectivity index (χ2v) is 7.07. The maximum absolute atomic E-state index is 5.95. The zero-order valence-corrected chi connectivity index (χ0v) is 15.0. The smallest absolute Gasteiger partial charge is 0.138 e. The van der Waals surface area contributed by atoms with Crippen molar-refractivity contribution < 1.29 is 4.74 Å². The highest BCUT2D eigenvalue weighted by atomic mass is 16.5. The van der Waals surface area contributed by atoms with Crippen LogP contribution >= 0.6 is 0 Å². The SMILES string of the molecule is CC(C)n1ncc2ccc(NC[C@@H]3CCO[C@H]3c3nccn3C)cc21. The fraction of sp³-hybridized carbons (Fsp3) is 0.474. The van der Waals surface area contributed by atoms with Gasteiger partial charge in [0.05, 0.1) is 11.7 Å². The molecule has 132 valence electrons. The molecule has 25 heavy (non-hydrogen) atoms. The van der Waals surface area contributed by atoms with E-state index in [1.54, 1.807) is 0 Å². The van der Waals surface area contributed by atoms with E-state index in [0.717, 1.165) is 31.1 Å². The highest BCUT2D eigenvalue weighted by Gasteiger charge is 2.32. The van der Waals surface area contributed by atoms with Gasteiger partial charge < -0.3 is 14.6 Å². The van der Waals surface area contributed by atoms with Crippen LogP contribution in [0, 0.1) is 5.92 Å². The molecule has 4 rings (SSSR count). The lowest BCUT2D eigenvalue weighted by atomic mass is 10.0. The fourth-order valence-corrected chi connectivity index (χ4v) is 3.59. The summed E-state index contributed by atoms with van der Waals surface area (Å²) in [5.74, 6) is 1.43. The molecule has 0 unspecified atom stereocenters. The van der Waals surface area contributed by atoms with Crippen molar-refractivity contribution >= 4 is 16.6 Å². The van der Waals surface area contributed by atoms with Gasteiger partial charge in [0.2, 0.25) is 0 Å². The van der Waals surface area contributed by atoms with Crippen molar-refractivity contribution in [2.75, 3.05) is 18.5 Å². The molecule has 0 radical (unpaired) electrons. The van der Waals surface area contributed by atoms with Crippen LogP contribution in [0.4, 0.5) is 5.69 Å². The molecule has 1 aliphatic rings. The van der Waals surface area contributed by atoms with E-state index in [1.165, 1.54) is 10.9 Å². The summed E-state index contributed by atoms with van der Waals surface area (Å²) in [7, 11) is 2.02. The average molecular weight is 339 g/mol. The highest BCUT2D eigenvalue weighted by Crippen LogP contribution is 2.33. The molecule has 0 aliphatic carbocycles. The maximum Gasteiger partial charge on any atom is 0.138 e. The Morgan fingerprint density at radius 2 is 2.24 bits per heavy atom. The molecular weight excluding hydrogens is 314 g/mol. The van der Waals surface area contributed by atoms with Crippen LogP contribution in [-0.2, 0) is 11.8 Å². The average Bonchev–Trinajstić information content (AvgIpc) is 3.30. The van der Waals surface area contributed by atoms with Crippen molar-refractivity contribution in [3.63, 3.8) is 0 Å². The second kappa shape index (κ2) is 6.52. The molecule has 1 aromatic carbocycles. The van der Waals surface area contributed by atoms with E-state index >= 15 is 0 Å². The normalized spacial score (nSPS) is 20.6. The molecular formula is C19H25N5O. The van der Waals surface area contributed by atoms with Gasteiger partial charge in [-0.25, -0.2) is 4.98 Å². The van der Waals surface area contributed by atoms with Gasteiger partial charge in [-0.1, -0.05) is 0 Å². The number of nitrogens with one attached hydrogen (secondary N) is 1. The summed E-state index contributed by atoms with van der Waals surface area (Å²) in [5, 5.41) is 9.25. The minimum absolute atomic E-state index is 0.0671. The van der Waals surface area contributed by atoms with E-state index in [9.17, 15) is 0 Å². The van der Waals surface area contributed by atoms with Crippen LogP contribution in [0.5, 0.6) is 0 Å². The van der Waals surface area contributed by atoms with E-state index in [2.05, 4.69) is 56.7 Å². The molecule has 0 saturated carbocycles. The molecule has 1 aliphatic heterocycles. The second-order valence-electron chi connectivity index (χ2n) is 7.07. The lowest BCUT2D eigenvalue weighted by molar-refractivity contribution is 0.0839. The van der Waals surface area contributed by atoms with Crippen LogP contribution in [0.15, 0.2) is 36.8 Å². The molecule has 3 heterocycles. The Hall–Kier alpha value is -2.34. The largest absolute Gasteiger partial charge is 0.385 e. The number of fused-ring (bicyclic) bond motifs is 1. The summed E-state index contributed by atoms with van der Waals surface area (Å²) in [6, 6.07) is 6.79. The van der Waals surface area contributed by atoms with Crippen molar-refractivity contribution in [1.29, 1.82) is 0 Å². The monoisotopic (exact) mass is 339 g/mol. The van der Waals surface area contributed by atoms with Crippen LogP contribution in [0.25, 0.3) is 10.9 Å². The molecule has 1 saturated heterocycles. The maximum atomic E-state index is 5.95. The Labute approximate surface area is 147 Å². The third-order valence-electron chi connectivity index (χ3n) is 4.98. The molecule has 6 heteroatoms. The zero-order valence-electron chi connectivity index (χ0n) is 15.0. The van der Waals surface area contributed by atoms with Gasteiger partial charge in [-0.15, -0.1) is 0 Å². The number of ether oxygens (including phenoxy) is 1. The summed E-state index contributed by atoms with van der Waals surface area (Å²) in [6.45, 7) is 5.97. The number of anilines is 1. The van der Waals surface area contributed by atoms with Crippen LogP contribution in [0.2, 0.25) is 0 Å². The number of rotatable bonds is 5. The molecule has 0 amide bonds. The molecule has 0 bridgehead atoms. The third-order valence-corrected chi connectivity index (χ3v) is 4.98. The Balaban J connectivity index is 1.50. The standard InChI is InChI=1S/C19H25N5O/c1-13(2)24-17-10-16(5-4-14(17)12-22-24)21-11-15-6-9-25-18(15)19-20-7-8-23(19)3/h4-5,7-8,10,12-13,15,18,21H,6,9,11H2,1-3H3/t15-,18+/m0/s1. The van der Waals surface area contributed by atoms with Crippen LogP contribution in [0.1, 0.15) is 38.2 Å². The number of hydrogen-bond donors (Lipinski definition) is 1. The van der Waals surface area contributed by atoms with Gasteiger partial charge in [-0.3, -0.25) is 4.68 Å². The minimum atomic E-state index is 0.0671. The lowest BCUT2D eigenvalue weighted by Crippen LogP contribution is -2.20. The van der Waals surface area contributed by atoms with E-state index in [-0.39, 0.29) is 6.10 Å². The molecule has 3 aromatic rings. The van der Waals surface area contributed by atoms with E-state index < -0.39 is 0 Å². The number of nitrogens with zero attached hydrogens (tertiary/aromatic N) is 4. The first-order chi connectivity index (χ1) is 12.1. The van der Waals surface area contributed by atoms with E-state index in [1.807, 2.05) is 25.6 Å². The Kier molecular flexibility index (Phi) is 4.21. The van der Waals surface area contributed by atoms with Crippen LogP contribution in [-0.4, -0.2) is 32.5 Å². The van der Waals surface area contributed by atoms with Gasteiger partial charge in [0.1, 0.15) is 11.9 Å². The van der Waals surface area contributed by atoms with Crippen molar-refractivity contribution in [1.82, 2.24) is 19.3 Å². The predicted octanol–water partition coefficient (Wildman–Crippen LogP) is 3.54. The van der Waals surface area contributed by atoms with Crippen molar-refractivity contribution in [2.24, 2.45) is 13.0 Å². The number of aromatic nitrogens is 4. The Morgan fingerprint density at radius 3 is 3.00 bits per heavy atom. The Morgan fingerprint density at radius 1 is 1.36 bits per heavy atom. The Bertz CT molecular complexity index is 866. The first kappa shape index (κ1) is 16.1. The number of benzene rings is 1. The summed E-state index contributed by atoms with van der Waals surface area (Å²) >= 11 is 0. The predicted molar refractivity (Wildman–Crippen MR) is 98.6 cm³/mol. The quantitative estimate of drug-likeness (QED) is 0.772. The summed E-state index contributed by atoms with van der Waals surface area (Å²) in [4.78, 5) is 4.47. The summed E-state index contributed by atoms with van der Waals surface area (Å²) in [6.07, 6.45) is 6.86. The molecule has 2 aromatic heterocycles. The number of imidazole rings is 1. The molecule has 1 N–H and O–H groups in total. The van der Waals surface area contributed by atoms with Gasteiger partial charge in [-0.2, -0.15) is 5.10 Å². The highest BCUT2D eigenvalue weighted by molar-refractivity contribution is 5.82. The van der Waals surface area contributed by atoms with Gasteiger partial charge >= 0.3 is 0 Å². The number of aryl methyl sites for hydroxylation is 1. The topological polar surface area (TPSA) is 56.9 Å². The minimum Gasteiger partial charge on any atom is -0.385 e. The zero-order chi connectivity index (χ0) is 17.4. The fourth-order valence-electron chi connectivity index (χ4n) is 3.59. The van der Waals surface area contributed by atoms with Crippen LogP contribution < -0.4 is 5.32 Å². The first-order valence-corrected chi connectivity index (χ1v) is 8.93. The lowest BCUT2D eigenvalue weighted by Gasteiger charge is -2.19. The summed E-state index contributed by atoms with van der Waals surface area (Å²) in [5.41, 5.74) is 2.30. The summed E-state index contributed by atoms with van der Waals surface area (Å²) < 4.78 is 10.1. The van der Waals surface area contributed by atoms with Crippen molar-refractivity contribution in [2.45, 2.75) is 32.4 Å². The van der Waals surface area contributed by atoms with E-state index in [4.69, 9.17) is 4.74 Å². The number of hydrogen-bond acceptors (Lipinski definition) is 4. The first-order valence-electron chi connectivity index (χ1n) is 8.93. The molecule has 0 spiro atoms. The van der Waals surface area contributed by atoms with Crippen LogP contribution in [0.3, 0.4) is 0 Å². The third kappa shape index (κ3) is 3.02. The van der Waals surface area contributed by atoms with Gasteiger partial charge in [-0.05, 0) is 38.5 Å². The molecule has 1 fully saturated rings. The molecule has 2 atom stereocenters. The molecule has 6 nitrogen and oxygen atoms in total. The van der Waals surface area contributed by atoms with E-state index in [0.29, 0.717) is 12.0 Å². The van der Waals surface area contributed by atoms with Gasteiger partial charge in [0.25, 0.3) is 0 Å².